The minimum Gasteiger partial charge on any atom is -0.307 e. The number of anilines is 2. The van der Waals surface area contributed by atoms with Gasteiger partial charge in [0.1, 0.15) is 10.0 Å². The molecule has 3 aromatic rings. The summed E-state index contributed by atoms with van der Waals surface area (Å²) < 4.78 is 40.0. The van der Waals surface area contributed by atoms with E-state index in [1.165, 1.54) is 42.5 Å². The molecule has 33 heavy (non-hydrogen) atoms. The van der Waals surface area contributed by atoms with Gasteiger partial charge in [-0.3, -0.25) is 9.59 Å². The van der Waals surface area contributed by atoms with Gasteiger partial charge >= 0.3 is 6.03 Å². The predicted molar refractivity (Wildman–Crippen MR) is 122 cm³/mol. The molecule has 2 N–H and O–H groups in total. The van der Waals surface area contributed by atoms with Crippen LogP contribution in [0.3, 0.4) is 0 Å². The Labute approximate surface area is 201 Å². The predicted octanol–water partition coefficient (Wildman–Crippen LogP) is 4.43. The van der Waals surface area contributed by atoms with Crippen molar-refractivity contribution in [2.24, 2.45) is 0 Å². The van der Waals surface area contributed by atoms with E-state index < -0.39 is 33.7 Å². The Balaban J connectivity index is 1.53. The van der Waals surface area contributed by atoms with Crippen molar-refractivity contribution in [1.29, 1.82) is 0 Å². The Bertz CT molecular complexity index is 1420. The molecule has 1 aliphatic rings. The minimum atomic E-state index is -4.13. The zero-order valence-electron chi connectivity index (χ0n) is 16.3. The monoisotopic (exact) mass is 527 g/mol. The first-order chi connectivity index (χ1) is 15.5. The van der Waals surface area contributed by atoms with Gasteiger partial charge < -0.3 is 5.32 Å². The van der Waals surface area contributed by atoms with Gasteiger partial charge in [-0.25, -0.2) is 27.2 Å². The molecule has 0 spiro atoms. The van der Waals surface area contributed by atoms with E-state index >= 15 is 0 Å². The van der Waals surface area contributed by atoms with Crippen LogP contribution in [0.5, 0.6) is 0 Å². The number of amides is 4. The SMILES string of the molecule is O=C(Nc1ccc(N2C(=O)Cc3ccc(F)cc3C2=O)c(Cl)c1)NS(=O)(=O)c1ccc(Cl)s1. The van der Waals surface area contributed by atoms with Crippen LogP contribution >= 0.6 is 34.5 Å². The summed E-state index contributed by atoms with van der Waals surface area (Å²) in [7, 11) is -4.13. The van der Waals surface area contributed by atoms with Crippen LogP contribution in [0.15, 0.2) is 52.7 Å². The van der Waals surface area contributed by atoms with Crippen molar-refractivity contribution >= 4 is 73.8 Å². The number of urea groups is 1. The van der Waals surface area contributed by atoms with Gasteiger partial charge in [-0.05, 0) is 48.0 Å². The molecule has 0 atom stereocenters. The molecular formula is C20H12Cl2FN3O5S2. The third kappa shape index (κ3) is 4.71. The Morgan fingerprint density at radius 1 is 1.06 bits per heavy atom. The highest BCUT2D eigenvalue weighted by Gasteiger charge is 2.33. The number of hydrogen-bond acceptors (Lipinski definition) is 6. The average molecular weight is 528 g/mol. The van der Waals surface area contributed by atoms with Crippen molar-refractivity contribution in [3.8, 4) is 0 Å². The van der Waals surface area contributed by atoms with Crippen LogP contribution in [0.2, 0.25) is 9.36 Å². The van der Waals surface area contributed by atoms with E-state index in [2.05, 4.69) is 5.32 Å². The molecule has 0 aliphatic carbocycles. The lowest BCUT2D eigenvalue weighted by atomic mass is 9.97. The maximum absolute atomic E-state index is 13.6. The number of imide groups is 1. The fourth-order valence-electron chi connectivity index (χ4n) is 3.16. The molecule has 13 heteroatoms. The second-order valence-corrected chi connectivity index (χ2v) is 10.8. The molecule has 1 aliphatic heterocycles. The van der Waals surface area contributed by atoms with Crippen molar-refractivity contribution in [3.63, 3.8) is 0 Å². The number of hydrogen-bond donors (Lipinski definition) is 2. The second-order valence-electron chi connectivity index (χ2n) is 6.80. The van der Waals surface area contributed by atoms with Gasteiger partial charge in [-0.1, -0.05) is 29.3 Å². The summed E-state index contributed by atoms with van der Waals surface area (Å²) in [5.41, 5.74) is 0.588. The third-order valence-corrected chi connectivity index (χ3v) is 7.94. The number of halogens is 3. The highest BCUT2D eigenvalue weighted by molar-refractivity contribution is 7.92. The Morgan fingerprint density at radius 3 is 2.48 bits per heavy atom. The van der Waals surface area contributed by atoms with E-state index in [4.69, 9.17) is 23.2 Å². The molecule has 0 radical (unpaired) electrons. The standard InChI is InChI=1S/C20H12Cl2FN3O5S2/c21-14-9-12(24-20(29)25-33(30,31)18-6-5-16(22)32-18)3-4-15(14)26-17(27)7-10-1-2-11(23)8-13(10)19(26)28/h1-6,8-9H,7H2,(H2,24,25,29). The number of thiophene rings is 1. The molecule has 4 amide bonds. The summed E-state index contributed by atoms with van der Waals surface area (Å²) in [5.74, 6) is -1.91. The summed E-state index contributed by atoms with van der Waals surface area (Å²) in [5, 5.41) is 2.24. The maximum Gasteiger partial charge on any atom is 0.333 e. The van der Waals surface area contributed by atoms with Gasteiger partial charge in [-0.2, -0.15) is 0 Å². The first kappa shape index (κ1) is 23.2. The lowest BCUT2D eigenvalue weighted by molar-refractivity contribution is -0.117. The molecule has 0 saturated heterocycles. The smallest absolute Gasteiger partial charge is 0.307 e. The summed E-state index contributed by atoms with van der Waals surface area (Å²) in [6, 6.07) is 9.06. The molecule has 0 unspecified atom stereocenters. The van der Waals surface area contributed by atoms with E-state index in [9.17, 15) is 27.2 Å². The normalized spacial score (nSPS) is 13.6. The van der Waals surface area contributed by atoms with Crippen molar-refractivity contribution in [3.05, 3.63) is 74.8 Å². The topological polar surface area (TPSA) is 113 Å². The number of sulfonamides is 1. The van der Waals surface area contributed by atoms with Gasteiger partial charge in [0, 0.05) is 11.3 Å². The first-order valence-electron chi connectivity index (χ1n) is 9.09. The molecule has 4 rings (SSSR count). The van der Waals surface area contributed by atoms with Crippen molar-refractivity contribution < 1.29 is 27.2 Å². The van der Waals surface area contributed by atoms with Crippen molar-refractivity contribution in [2.75, 3.05) is 10.2 Å². The van der Waals surface area contributed by atoms with Gasteiger partial charge in [0.05, 0.1) is 21.5 Å². The third-order valence-electron chi connectivity index (χ3n) is 4.58. The molecule has 2 aromatic carbocycles. The lowest BCUT2D eigenvalue weighted by Gasteiger charge is -2.27. The summed E-state index contributed by atoms with van der Waals surface area (Å²) in [6.45, 7) is 0. The molecule has 0 bridgehead atoms. The van der Waals surface area contributed by atoms with Crippen LogP contribution in [0, 0.1) is 5.82 Å². The number of carbonyl (C=O) groups is 3. The number of nitrogens with one attached hydrogen (secondary N) is 2. The number of carbonyl (C=O) groups excluding carboxylic acids is 3. The molecule has 0 fully saturated rings. The summed E-state index contributed by atoms with van der Waals surface area (Å²) in [4.78, 5) is 38.4. The minimum absolute atomic E-state index is 0.0355. The zero-order valence-corrected chi connectivity index (χ0v) is 19.4. The Morgan fingerprint density at radius 2 is 1.82 bits per heavy atom. The fraction of sp³-hybridized carbons (Fsp3) is 0.0500. The highest BCUT2D eigenvalue weighted by atomic mass is 35.5. The highest BCUT2D eigenvalue weighted by Crippen LogP contribution is 2.33. The second kappa shape index (κ2) is 8.75. The molecule has 8 nitrogen and oxygen atoms in total. The summed E-state index contributed by atoms with van der Waals surface area (Å²) >= 11 is 12.8. The Hall–Kier alpha value is -2.99. The fourth-order valence-corrected chi connectivity index (χ4v) is 5.81. The number of fused-ring (bicyclic) bond motifs is 1. The molecule has 1 aromatic heterocycles. The number of benzene rings is 2. The van der Waals surface area contributed by atoms with Crippen molar-refractivity contribution in [1.82, 2.24) is 4.72 Å². The average Bonchev–Trinajstić information content (AvgIpc) is 3.17. The van der Waals surface area contributed by atoms with Crippen LogP contribution in [0.1, 0.15) is 15.9 Å². The largest absolute Gasteiger partial charge is 0.333 e. The summed E-state index contributed by atoms with van der Waals surface area (Å²) in [6.07, 6.45) is -0.120. The molecule has 170 valence electrons. The number of nitrogens with zero attached hydrogens (tertiary/aromatic N) is 1. The van der Waals surface area contributed by atoms with E-state index in [1.807, 2.05) is 4.72 Å². The van der Waals surface area contributed by atoms with Crippen LogP contribution in [0.4, 0.5) is 20.6 Å². The first-order valence-corrected chi connectivity index (χ1v) is 12.1. The van der Waals surface area contributed by atoms with Gasteiger partial charge in [0.2, 0.25) is 5.91 Å². The van der Waals surface area contributed by atoms with E-state index in [0.717, 1.165) is 22.3 Å². The van der Waals surface area contributed by atoms with Crippen LogP contribution in [0.25, 0.3) is 0 Å². The molecule has 0 saturated carbocycles. The van der Waals surface area contributed by atoms with Crippen LogP contribution in [-0.2, 0) is 21.2 Å². The van der Waals surface area contributed by atoms with E-state index in [0.29, 0.717) is 5.56 Å². The molecular weight excluding hydrogens is 516 g/mol. The maximum atomic E-state index is 13.6. The van der Waals surface area contributed by atoms with E-state index in [-0.39, 0.29) is 36.9 Å². The Kier molecular flexibility index (Phi) is 6.14. The quantitative estimate of drug-likeness (QED) is 0.487. The number of rotatable bonds is 4. The zero-order chi connectivity index (χ0) is 23.9. The van der Waals surface area contributed by atoms with Crippen LogP contribution < -0.4 is 14.9 Å². The van der Waals surface area contributed by atoms with Gasteiger partial charge in [-0.15, -0.1) is 11.3 Å². The van der Waals surface area contributed by atoms with Gasteiger partial charge in [0.25, 0.3) is 15.9 Å². The van der Waals surface area contributed by atoms with Crippen LogP contribution in [-0.4, -0.2) is 26.3 Å². The van der Waals surface area contributed by atoms with E-state index in [1.54, 1.807) is 0 Å². The molecule has 2 heterocycles. The lowest BCUT2D eigenvalue weighted by Crippen LogP contribution is -2.42. The van der Waals surface area contributed by atoms with Crippen molar-refractivity contribution in [2.45, 2.75) is 10.6 Å². The van der Waals surface area contributed by atoms with Gasteiger partial charge in [0.15, 0.2) is 0 Å².